The van der Waals surface area contributed by atoms with Crippen molar-refractivity contribution in [1.29, 1.82) is 0 Å². The lowest BCUT2D eigenvalue weighted by Crippen LogP contribution is -2.61. The van der Waals surface area contributed by atoms with Crippen LogP contribution in [-0.2, 0) is 6.42 Å². The Morgan fingerprint density at radius 3 is 2.45 bits per heavy atom. The highest BCUT2D eigenvalue weighted by Crippen LogP contribution is 2.48. The quantitative estimate of drug-likeness (QED) is 0.307. The maximum absolute atomic E-state index is 13.6. The number of nitrogens with one attached hydrogen (secondary N) is 1. The fraction of sp³-hybridized carbons (Fsp3) is 0.375. The molecule has 1 saturated heterocycles. The van der Waals surface area contributed by atoms with Crippen LogP contribution < -0.4 is 15.8 Å². The zero-order chi connectivity index (χ0) is 27.1. The van der Waals surface area contributed by atoms with Gasteiger partial charge in [0.1, 0.15) is 5.82 Å². The maximum Gasteiger partial charge on any atom is 0.298 e. The molecule has 4 aromatic rings. The molecule has 2 saturated carbocycles. The van der Waals surface area contributed by atoms with Crippen molar-refractivity contribution >= 4 is 5.82 Å². The zero-order valence-electron chi connectivity index (χ0n) is 22.5. The molecule has 204 valence electrons. The van der Waals surface area contributed by atoms with Crippen LogP contribution in [0.25, 0.3) is 17.1 Å². The third-order valence-corrected chi connectivity index (χ3v) is 8.78. The van der Waals surface area contributed by atoms with E-state index in [2.05, 4.69) is 20.2 Å². The second-order valence-corrected chi connectivity index (χ2v) is 11.6. The van der Waals surface area contributed by atoms with Gasteiger partial charge >= 0.3 is 0 Å². The molecule has 1 N–H and O–H groups in total. The number of benzene rings is 2. The Morgan fingerprint density at radius 2 is 1.75 bits per heavy atom. The topological polar surface area (TPSA) is 75.9 Å². The number of rotatable bonds is 9. The van der Waals surface area contributed by atoms with E-state index < -0.39 is 0 Å². The molecule has 7 nitrogen and oxygen atoms in total. The van der Waals surface area contributed by atoms with Gasteiger partial charge in [0.15, 0.2) is 11.6 Å². The van der Waals surface area contributed by atoms with Crippen molar-refractivity contribution in [3.05, 3.63) is 101 Å². The average Bonchev–Trinajstić information content (AvgIpc) is 3.71. The van der Waals surface area contributed by atoms with Crippen molar-refractivity contribution < 1.29 is 4.39 Å². The van der Waals surface area contributed by atoms with Gasteiger partial charge in [-0.25, -0.2) is 19.3 Å². The predicted octanol–water partition coefficient (Wildman–Crippen LogP) is 4.90. The lowest BCUT2D eigenvalue weighted by atomic mass is 9.63. The van der Waals surface area contributed by atoms with Crippen molar-refractivity contribution in [1.82, 2.24) is 24.8 Å². The smallest absolute Gasteiger partial charge is 0.298 e. The Labute approximate surface area is 233 Å². The molecule has 3 heterocycles. The van der Waals surface area contributed by atoms with Gasteiger partial charge in [-0.05, 0) is 86.7 Å². The van der Waals surface area contributed by atoms with Crippen LogP contribution in [0.4, 0.5) is 10.2 Å². The summed E-state index contributed by atoms with van der Waals surface area (Å²) in [5.41, 5.74) is 4.17. The molecule has 2 aliphatic carbocycles. The third-order valence-electron chi connectivity index (χ3n) is 8.78. The number of nitrogens with zero attached hydrogens (tertiary/aromatic N) is 5. The largest absolute Gasteiger partial charge is 0.351 e. The fourth-order valence-electron chi connectivity index (χ4n) is 6.23. The van der Waals surface area contributed by atoms with Crippen LogP contribution in [0, 0.1) is 11.2 Å². The number of aryl methyl sites for hydroxylation is 1. The van der Waals surface area contributed by atoms with E-state index in [1.807, 2.05) is 42.6 Å². The van der Waals surface area contributed by atoms with Crippen molar-refractivity contribution in [3.8, 4) is 17.1 Å². The third kappa shape index (κ3) is 4.92. The summed E-state index contributed by atoms with van der Waals surface area (Å²) in [5.74, 6) is 1.50. The van der Waals surface area contributed by atoms with Gasteiger partial charge in [0.05, 0.1) is 5.69 Å². The average molecular weight is 537 g/mol. The van der Waals surface area contributed by atoms with Crippen LogP contribution in [0.15, 0.2) is 78.0 Å². The summed E-state index contributed by atoms with van der Waals surface area (Å²) in [4.78, 5) is 29.4. The van der Waals surface area contributed by atoms with Crippen molar-refractivity contribution in [2.24, 2.45) is 5.41 Å². The first-order chi connectivity index (χ1) is 19.6. The van der Waals surface area contributed by atoms with Crippen molar-refractivity contribution in [2.45, 2.75) is 50.5 Å². The standard InChI is InChI=1S/C32H33FN6O/c33-24-9-5-22(6-10-24)27-18-28(27)34-15-1-4-25-19-39(26-11-7-23(8-12-26)29-35-16-3-17-36-29)31(40)30(37-25)38-20-32(21-38)13-2-14-32/h3,5-12,16-17,19,27-28,34H,1-2,4,13-15,18,20-21H2/t27-,28+/m0/s1. The number of hydrogen-bond donors (Lipinski definition) is 1. The normalized spacial score (nSPS) is 20.7. The van der Waals surface area contributed by atoms with Gasteiger partial charge in [-0.3, -0.25) is 9.36 Å². The van der Waals surface area contributed by atoms with Gasteiger partial charge in [-0.2, -0.15) is 0 Å². The molecule has 2 atom stereocenters. The Bertz CT molecular complexity index is 1540. The van der Waals surface area contributed by atoms with E-state index in [-0.39, 0.29) is 11.4 Å². The van der Waals surface area contributed by atoms with Crippen LogP contribution in [0.2, 0.25) is 0 Å². The molecule has 0 unspecified atom stereocenters. The first-order valence-corrected chi connectivity index (χ1v) is 14.3. The van der Waals surface area contributed by atoms with E-state index in [1.165, 1.54) is 37.0 Å². The molecule has 0 radical (unpaired) electrons. The van der Waals surface area contributed by atoms with E-state index >= 15 is 0 Å². The van der Waals surface area contributed by atoms with E-state index in [0.29, 0.717) is 29.0 Å². The number of aromatic nitrogens is 4. The van der Waals surface area contributed by atoms with Crippen LogP contribution in [0.5, 0.6) is 0 Å². The Hall–Kier alpha value is -3.91. The number of halogens is 1. The highest BCUT2D eigenvalue weighted by Gasteiger charge is 2.48. The van der Waals surface area contributed by atoms with Gasteiger partial charge < -0.3 is 10.2 Å². The molecule has 40 heavy (non-hydrogen) atoms. The molecule has 7 rings (SSSR count). The molecular formula is C32H33FN6O. The first-order valence-electron chi connectivity index (χ1n) is 14.3. The minimum Gasteiger partial charge on any atom is -0.351 e. The summed E-state index contributed by atoms with van der Waals surface area (Å²) in [6.07, 6.45) is 11.9. The summed E-state index contributed by atoms with van der Waals surface area (Å²) in [7, 11) is 0. The number of hydrogen-bond acceptors (Lipinski definition) is 6. The molecule has 2 aromatic carbocycles. The van der Waals surface area contributed by atoms with Gasteiger partial charge in [0.25, 0.3) is 5.56 Å². The van der Waals surface area contributed by atoms with E-state index in [0.717, 1.165) is 55.8 Å². The summed E-state index contributed by atoms with van der Waals surface area (Å²) in [5, 5.41) is 3.64. The monoisotopic (exact) mass is 536 g/mol. The summed E-state index contributed by atoms with van der Waals surface area (Å²) >= 11 is 0. The van der Waals surface area contributed by atoms with Crippen LogP contribution in [0.3, 0.4) is 0 Å². The Balaban J connectivity index is 1.06. The first kappa shape index (κ1) is 25.1. The molecule has 8 heteroatoms. The van der Waals surface area contributed by atoms with Crippen LogP contribution >= 0.6 is 0 Å². The van der Waals surface area contributed by atoms with Crippen LogP contribution in [-0.4, -0.2) is 45.2 Å². The Morgan fingerprint density at radius 1 is 1.00 bits per heavy atom. The van der Waals surface area contributed by atoms with Gasteiger partial charge in [0, 0.05) is 60.3 Å². The molecule has 0 bridgehead atoms. The molecule has 3 fully saturated rings. The lowest BCUT2D eigenvalue weighted by Gasteiger charge is -2.56. The minimum atomic E-state index is -0.190. The molecule has 1 aliphatic heterocycles. The summed E-state index contributed by atoms with van der Waals surface area (Å²) < 4.78 is 15.0. The summed E-state index contributed by atoms with van der Waals surface area (Å²) in [6.45, 7) is 2.73. The van der Waals surface area contributed by atoms with Crippen molar-refractivity contribution in [3.63, 3.8) is 0 Å². The molecule has 3 aliphatic rings. The molecule has 1 spiro atoms. The molecular weight excluding hydrogens is 503 g/mol. The van der Waals surface area contributed by atoms with E-state index in [9.17, 15) is 9.18 Å². The fourth-order valence-corrected chi connectivity index (χ4v) is 6.23. The van der Waals surface area contributed by atoms with E-state index in [1.54, 1.807) is 23.0 Å². The zero-order valence-corrected chi connectivity index (χ0v) is 22.5. The number of anilines is 1. The van der Waals surface area contributed by atoms with Gasteiger partial charge in [0.2, 0.25) is 0 Å². The minimum absolute atomic E-state index is 0.0696. The van der Waals surface area contributed by atoms with Crippen molar-refractivity contribution in [2.75, 3.05) is 24.5 Å². The highest BCUT2D eigenvalue weighted by molar-refractivity contribution is 5.57. The molecule has 0 amide bonds. The summed E-state index contributed by atoms with van der Waals surface area (Å²) in [6, 6.07) is 16.9. The van der Waals surface area contributed by atoms with E-state index in [4.69, 9.17) is 4.98 Å². The van der Waals surface area contributed by atoms with Gasteiger partial charge in [-0.1, -0.05) is 18.6 Å². The Kier molecular flexibility index (Phi) is 6.42. The maximum atomic E-state index is 13.6. The second kappa shape index (κ2) is 10.2. The predicted molar refractivity (Wildman–Crippen MR) is 153 cm³/mol. The second-order valence-electron chi connectivity index (χ2n) is 11.6. The SMILES string of the molecule is O=c1c(N2CC3(CCC3)C2)nc(CCCN[C@@H]2C[C@H]2c2ccc(F)cc2)cn1-c1ccc(-c2ncccn2)cc1. The highest BCUT2D eigenvalue weighted by atomic mass is 19.1. The molecule has 2 aromatic heterocycles. The lowest BCUT2D eigenvalue weighted by molar-refractivity contribution is 0.0893. The van der Waals surface area contributed by atoms with Crippen LogP contribution in [0.1, 0.15) is 49.3 Å². The van der Waals surface area contributed by atoms with Gasteiger partial charge in [-0.15, -0.1) is 0 Å².